The summed E-state index contributed by atoms with van der Waals surface area (Å²) in [5, 5.41) is 2.93. The van der Waals surface area contributed by atoms with Crippen LogP contribution in [-0.2, 0) is 6.54 Å². The van der Waals surface area contributed by atoms with Gasteiger partial charge in [0.15, 0.2) is 0 Å². The Morgan fingerprint density at radius 3 is 2.79 bits per heavy atom. The SMILES string of the molecule is COc1cccc(NC(=O)N2CCOc3ccc(-c4ccncc4)cc3C2)c1. The molecule has 4 rings (SSSR count). The number of rotatable bonds is 3. The second-order valence-corrected chi connectivity index (χ2v) is 6.49. The number of pyridine rings is 1. The highest BCUT2D eigenvalue weighted by Crippen LogP contribution is 2.29. The third kappa shape index (κ3) is 3.91. The van der Waals surface area contributed by atoms with Crippen molar-refractivity contribution >= 4 is 11.7 Å². The Kier molecular flexibility index (Phi) is 5.10. The number of hydrogen-bond acceptors (Lipinski definition) is 4. The second-order valence-electron chi connectivity index (χ2n) is 6.49. The van der Waals surface area contributed by atoms with Crippen LogP contribution in [0.1, 0.15) is 5.56 Å². The normalized spacial score (nSPS) is 13.1. The quantitative estimate of drug-likeness (QED) is 0.746. The monoisotopic (exact) mass is 375 g/mol. The van der Waals surface area contributed by atoms with Gasteiger partial charge in [0.05, 0.1) is 20.2 Å². The fourth-order valence-electron chi connectivity index (χ4n) is 3.19. The predicted molar refractivity (Wildman–Crippen MR) is 108 cm³/mol. The van der Waals surface area contributed by atoms with Gasteiger partial charge in [0, 0.05) is 29.7 Å². The highest BCUT2D eigenvalue weighted by molar-refractivity contribution is 5.89. The van der Waals surface area contributed by atoms with E-state index in [0.29, 0.717) is 31.1 Å². The van der Waals surface area contributed by atoms with E-state index in [4.69, 9.17) is 9.47 Å². The number of carbonyl (C=O) groups excluding carboxylic acids is 1. The Labute approximate surface area is 163 Å². The summed E-state index contributed by atoms with van der Waals surface area (Å²) in [7, 11) is 1.60. The Balaban J connectivity index is 1.54. The third-order valence-corrected chi connectivity index (χ3v) is 4.66. The molecule has 1 N–H and O–H groups in total. The molecule has 3 aromatic rings. The van der Waals surface area contributed by atoms with Gasteiger partial charge in [-0.3, -0.25) is 4.98 Å². The summed E-state index contributed by atoms with van der Waals surface area (Å²) >= 11 is 0. The Bertz CT molecular complexity index is 976. The van der Waals surface area contributed by atoms with Crippen LogP contribution >= 0.6 is 0 Å². The van der Waals surface area contributed by atoms with Crippen LogP contribution in [0.3, 0.4) is 0 Å². The summed E-state index contributed by atoms with van der Waals surface area (Å²) in [4.78, 5) is 18.6. The number of nitrogens with one attached hydrogen (secondary N) is 1. The number of anilines is 1. The molecule has 6 heteroatoms. The van der Waals surface area contributed by atoms with E-state index in [0.717, 1.165) is 22.4 Å². The van der Waals surface area contributed by atoms with Crippen molar-refractivity contribution in [1.29, 1.82) is 0 Å². The fraction of sp³-hybridized carbons (Fsp3) is 0.182. The number of amides is 2. The number of urea groups is 1. The number of fused-ring (bicyclic) bond motifs is 1. The molecule has 2 amide bonds. The van der Waals surface area contributed by atoms with Crippen molar-refractivity contribution in [2.75, 3.05) is 25.6 Å². The molecular formula is C22H21N3O3. The molecule has 0 radical (unpaired) electrons. The van der Waals surface area contributed by atoms with Gasteiger partial charge in [0.1, 0.15) is 18.1 Å². The van der Waals surface area contributed by atoms with Crippen LogP contribution in [0.4, 0.5) is 10.5 Å². The van der Waals surface area contributed by atoms with Gasteiger partial charge in [0.25, 0.3) is 0 Å². The molecule has 0 bridgehead atoms. The number of nitrogens with zero attached hydrogens (tertiary/aromatic N) is 2. The Morgan fingerprint density at radius 1 is 1.11 bits per heavy atom. The van der Waals surface area contributed by atoms with Gasteiger partial charge < -0.3 is 19.7 Å². The topological polar surface area (TPSA) is 63.7 Å². The van der Waals surface area contributed by atoms with Gasteiger partial charge in [-0.2, -0.15) is 0 Å². The van der Waals surface area contributed by atoms with Crippen LogP contribution in [0, 0.1) is 0 Å². The number of carbonyl (C=O) groups is 1. The number of methoxy groups -OCH3 is 1. The zero-order chi connectivity index (χ0) is 19.3. The van der Waals surface area contributed by atoms with Gasteiger partial charge in [-0.1, -0.05) is 12.1 Å². The van der Waals surface area contributed by atoms with Crippen LogP contribution in [0.2, 0.25) is 0 Å². The van der Waals surface area contributed by atoms with Crippen LogP contribution in [0.5, 0.6) is 11.5 Å². The summed E-state index contributed by atoms with van der Waals surface area (Å²) in [5.41, 5.74) is 3.82. The maximum atomic E-state index is 12.8. The van der Waals surface area contributed by atoms with E-state index >= 15 is 0 Å². The lowest BCUT2D eigenvalue weighted by molar-refractivity contribution is 0.200. The molecule has 0 aliphatic carbocycles. The number of benzene rings is 2. The lowest BCUT2D eigenvalue weighted by Crippen LogP contribution is -2.36. The van der Waals surface area contributed by atoms with E-state index < -0.39 is 0 Å². The molecule has 0 saturated carbocycles. The largest absolute Gasteiger partial charge is 0.497 e. The zero-order valence-corrected chi connectivity index (χ0v) is 15.6. The summed E-state index contributed by atoms with van der Waals surface area (Å²) in [5.74, 6) is 1.51. The average Bonchev–Trinajstić information content (AvgIpc) is 2.96. The van der Waals surface area contributed by atoms with Crippen LogP contribution < -0.4 is 14.8 Å². The molecule has 0 unspecified atom stereocenters. The van der Waals surface area contributed by atoms with E-state index in [1.54, 1.807) is 30.5 Å². The average molecular weight is 375 g/mol. The Hall–Kier alpha value is -3.54. The summed E-state index contributed by atoms with van der Waals surface area (Å²) in [6.07, 6.45) is 3.54. The highest BCUT2D eigenvalue weighted by atomic mass is 16.5. The molecule has 2 aromatic carbocycles. The van der Waals surface area contributed by atoms with E-state index in [2.05, 4.69) is 16.4 Å². The van der Waals surface area contributed by atoms with Crippen LogP contribution in [0.15, 0.2) is 67.0 Å². The fourth-order valence-corrected chi connectivity index (χ4v) is 3.19. The van der Waals surface area contributed by atoms with Gasteiger partial charge in [0.2, 0.25) is 0 Å². The van der Waals surface area contributed by atoms with Crippen molar-refractivity contribution in [3.05, 3.63) is 72.6 Å². The van der Waals surface area contributed by atoms with Gasteiger partial charge in [-0.15, -0.1) is 0 Å². The molecule has 0 atom stereocenters. The summed E-state index contributed by atoms with van der Waals surface area (Å²) in [6, 6.07) is 17.1. The van der Waals surface area contributed by atoms with E-state index in [1.807, 2.05) is 42.5 Å². The zero-order valence-electron chi connectivity index (χ0n) is 15.6. The highest BCUT2D eigenvalue weighted by Gasteiger charge is 2.20. The maximum absolute atomic E-state index is 12.8. The molecule has 6 nitrogen and oxygen atoms in total. The number of aromatic nitrogens is 1. The van der Waals surface area contributed by atoms with Crippen molar-refractivity contribution in [3.8, 4) is 22.6 Å². The maximum Gasteiger partial charge on any atom is 0.322 e. The lowest BCUT2D eigenvalue weighted by atomic mass is 10.0. The molecule has 2 heterocycles. The first-order valence-electron chi connectivity index (χ1n) is 9.09. The molecule has 0 fully saturated rings. The first-order valence-corrected chi connectivity index (χ1v) is 9.09. The van der Waals surface area contributed by atoms with Crippen LogP contribution in [-0.4, -0.2) is 36.2 Å². The molecule has 0 spiro atoms. The minimum Gasteiger partial charge on any atom is -0.497 e. The van der Waals surface area contributed by atoms with E-state index in [9.17, 15) is 4.79 Å². The molecule has 1 aromatic heterocycles. The lowest BCUT2D eigenvalue weighted by Gasteiger charge is -2.20. The smallest absolute Gasteiger partial charge is 0.322 e. The summed E-state index contributed by atoms with van der Waals surface area (Å²) < 4.78 is 11.1. The van der Waals surface area contributed by atoms with Crippen molar-refractivity contribution in [1.82, 2.24) is 9.88 Å². The minimum atomic E-state index is -0.168. The van der Waals surface area contributed by atoms with Crippen LogP contribution in [0.25, 0.3) is 11.1 Å². The molecule has 1 aliphatic heterocycles. The Morgan fingerprint density at radius 2 is 1.96 bits per heavy atom. The van der Waals surface area contributed by atoms with Crippen molar-refractivity contribution in [2.24, 2.45) is 0 Å². The second kappa shape index (κ2) is 8.00. The number of hydrogen-bond donors (Lipinski definition) is 1. The molecule has 142 valence electrons. The van der Waals surface area contributed by atoms with Crippen molar-refractivity contribution in [3.63, 3.8) is 0 Å². The molecule has 0 saturated heterocycles. The third-order valence-electron chi connectivity index (χ3n) is 4.66. The molecule has 28 heavy (non-hydrogen) atoms. The van der Waals surface area contributed by atoms with E-state index in [-0.39, 0.29) is 6.03 Å². The standard InChI is InChI=1S/C22H21N3O3/c1-27-20-4-2-3-19(14-20)24-22(26)25-11-12-28-21-6-5-17(13-18(21)15-25)16-7-9-23-10-8-16/h2-10,13-14H,11-12,15H2,1H3,(H,24,26). The summed E-state index contributed by atoms with van der Waals surface area (Å²) in [6.45, 7) is 1.44. The van der Waals surface area contributed by atoms with Crippen molar-refractivity contribution in [2.45, 2.75) is 6.54 Å². The van der Waals surface area contributed by atoms with E-state index in [1.165, 1.54) is 0 Å². The first-order chi connectivity index (χ1) is 13.7. The molecule has 1 aliphatic rings. The number of ether oxygens (including phenoxy) is 2. The first kappa shape index (κ1) is 17.9. The van der Waals surface area contributed by atoms with Crippen molar-refractivity contribution < 1.29 is 14.3 Å². The predicted octanol–water partition coefficient (Wildman–Crippen LogP) is 4.18. The van der Waals surface area contributed by atoms with Gasteiger partial charge in [-0.25, -0.2) is 4.79 Å². The minimum absolute atomic E-state index is 0.168. The van der Waals surface area contributed by atoms with Gasteiger partial charge >= 0.3 is 6.03 Å². The van der Waals surface area contributed by atoms with Gasteiger partial charge in [-0.05, 0) is 47.5 Å². The molecular weight excluding hydrogens is 354 g/mol.